The van der Waals surface area contributed by atoms with Crippen molar-refractivity contribution < 1.29 is 0 Å². The van der Waals surface area contributed by atoms with Gasteiger partial charge in [-0.15, -0.1) is 10.2 Å². The van der Waals surface area contributed by atoms with Gasteiger partial charge in [0.1, 0.15) is 11.5 Å². The Labute approximate surface area is 93.9 Å². The summed E-state index contributed by atoms with van der Waals surface area (Å²) in [5.74, 6) is 1.57. The maximum absolute atomic E-state index is 4.30. The highest BCUT2D eigenvalue weighted by Crippen LogP contribution is 2.14. The van der Waals surface area contributed by atoms with Crippen molar-refractivity contribution in [2.75, 3.05) is 0 Å². The maximum atomic E-state index is 4.30. The smallest absolute Gasteiger partial charge is 0.183 e. The molecule has 0 aliphatic rings. The summed E-state index contributed by atoms with van der Waals surface area (Å²) in [6.07, 6.45) is 3.38. The molecule has 5 nitrogen and oxygen atoms in total. The zero-order valence-corrected chi connectivity index (χ0v) is 9.60. The van der Waals surface area contributed by atoms with E-state index in [-0.39, 0.29) is 0 Å². The van der Waals surface area contributed by atoms with E-state index >= 15 is 0 Å². The number of rotatable bonds is 2. The van der Waals surface area contributed by atoms with E-state index in [0.717, 1.165) is 22.9 Å². The first-order valence-electron chi connectivity index (χ1n) is 4.94. The molecule has 0 unspecified atom stereocenters. The van der Waals surface area contributed by atoms with Gasteiger partial charge in [-0.3, -0.25) is 4.98 Å². The van der Waals surface area contributed by atoms with E-state index in [9.17, 15) is 0 Å². The van der Waals surface area contributed by atoms with E-state index in [2.05, 4.69) is 26.7 Å². The van der Waals surface area contributed by atoms with Crippen LogP contribution in [0.1, 0.15) is 18.4 Å². The number of hydrogen-bond donors (Lipinski definition) is 0. The second kappa shape index (κ2) is 3.84. The summed E-state index contributed by atoms with van der Waals surface area (Å²) >= 11 is 0. The van der Waals surface area contributed by atoms with Crippen LogP contribution in [0.5, 0.6) is 0 Å². The van der Waals surface area contributed by atoms with Gasteiger partial charge in [0.15, 0.2) is 5.82 Å². The minimum absolute atomic E-state index is 0.716. The molecule has 0 fully saturated rings. The van der Waals surface area contributed by atoms with Crippen molar-refractivity contribution in [2.45, 2.75) is 13.8 Å². The van der Waals surface area contributed by atoms with Crippen LogP contribution in [-0.4, -0.2) is 24.7 Å². The van der Waals surface area contributed by atoms with Crippen LogP contribution in [0, 0.1) is 6.92 Å². The van der Waals surface area contributed by atoms with Crippen LogP contribution >= 0.6 is 0 Å². The lowest BCUT2D eigenvalue weighted by Crippen LogP contribution is -1.98. The summed E-state index contributed by atoms with van der Waals surface area (Å²) in [6.45, 7) is 7.61. The van der Waals surface area contributed by atoms with Crippen molar-refractivity contribution in [2.24, 2.45) is 7.05 Å². The Hall–Kier alpha value is -2.04. The Balaban J connectivity index is 2.42. The quantitative estimate of drug-likeness (QED) is 0.763. The lowest BCUT2D eigenvalue weighted by atomic mass is 10.2. The largest absolute Gasteiger partial charge is 0.313 e. The molecule has 2 heterocycles. The third kappa shape index (κ3) is 1.71. The van der Waals surface area contributed by atoms with Crippen molar-refractivity contribution in [1.82, 2.24) is 24.7 Å². The van der Waals surface area contributed by atoms with Gasteiger partial charge < -0.3 is 4.57 Å². The van der Waals surface area contributed by atoms with Crippen molar-refractivity contribution in [3.8, 4) is 11.5 Å². The monoisotopic (exact) mass is 215 g/mol. The molecule has 2 aromatic rings. The molecule has 0 radical (unpaired) electrons. The van der Waals surface area contributed by atoms with Crippen molar-refractivity contribution >= 4 is 5.57 Å². The predicted molar refractivity (Wildman–Crippen MR) is 61.5 cm³/mol. The van der Waals surface area contributed by atoms with E-state index in [0.29, 0.717) is 5.69 Å². The number of allylic oxidation sites excluding steroid dienone is 1. The molecule has 2 rings (SSSR count). The molecule has 0 N–H and O–H groups in total. The zero-order chi connectivity index (χ0) is 11.7. The molecule has 16 heavy (non-hydrogen) atoms. The minimum atomic E-state index is 0.716. The van der Waals surface area contributed by atoms with E-state index in [1.54, 1.807) is 12.4 Å². The van der Waals surface area contributed by atoms with Gasteiger partial charge in [-0.05, 0) is 19.4 Å². The van der Waals surface area contributed by atoms with Crippen LogP contribution in [0.3, 0.4) is 0 Å². The number of aryl methyl sites for hydroxylation is 1. The summed E-state index contributed by atoms with van der Waals surface area (Å²) in [6, 6.07) is 0. The summed E-state index contributed by atoms with van der Waals surface area (Å²) in [7, 11) is 1.90. The van der Waals surface area contributed by atoms with Gasteiger partial charge in [-0.25, -0.2) is 4.98 Å². The lowest BCUT2D eigenvalue weighted by molar-refractivity contribution is 0.860. The van der Waals surface area contributed by atoms with Crippen LogP contribution in [0.2, 0.25) is 0 Å². The summed E-state index contributed by atoms with van der Waals surface area (Å²) in [5, 5.41) is 8.03. The summed E-state index contributed by atoms with van der Waals surface area (Å²) in [5.41, 5.74) is 2.41. The van der Waals surface area contributed by atoms with Crippen molar-refractivity contribution in [3.63, 3.8) is 0 Å². The average molecular weight is 215 g/mol. The van der Waals surface area contributed by atoms with Crippen LogP contribution in [0.4, 0.5) is 0 Å². The number of aromatic nitrogens is 5. The molecule has 0 aliphatic heterocycles. The molecule has 0 saturated heterocycles. The number of nitrogens with zero attached hydrogens (tertiary/aromatic N) is 5. The van der Waals surface area contributed by atoms with Gasteiger partial charge >= 0.3 is 0 Å². The Bertz CT molecular complexity index is 524. The standard InChI is InChI=1S/C11H13N5/c1-7(2)9-5-13-10(6-12-9)11-15-14-8(3)16(11)4/h5-6H,1H2,2-4H3. The molecule has 0 aliphatic carbocycles. The molecular weight excluding hydrogens is 202 g/mol. The van der Waals surface area contributed by atoms with E-state index in [4.69, 9.17) is 0 Å². The fraction of sp³-hybridized carbons (Fsp3) is 0.273. The van der Waals surface area contributed by atoms with E-state index in [1.807, 2.05) is 25.5 Å². The van der Waals surface area contributed by atoms with Crippen LogP contribution in [-0.2, 0) is 7.05 Å². The molecule has 2 aromatic heterocycles. The van der Waals surface area contributed by atoms with Gasteiger partial charge in [0.05, 0.1) is 18.1 Å². The van der Waals surface area contributed by atoms with Crippen molar-refractivity contribution in [1.29, 1.82) is 0 Å². The first-order valence-corrected chi connectivity index (χ1v) is 4.94. The Morgan fingerprint density at radius 1 is 1.25 bits per heavy atom. The molecule has 0 aromatic carbocycles. The second-order valence-electron chi connectivity index (χ2n) is 3.70. The van der Waals surface area contributed by atoms with Crippen LogP contribution in [0.15, 0.2) is 19.0 Å². The zero-order valence-electron chi connectivity index (χ0n) is 9.60. The maximum Gasteiger partial charge on any atom is 0.183 e. The fourth-order valence-corrected chi connectivity index (χ4v) is 1.29. The third-order valence-corrected chi connectivity index (χ3v) is 2.41. The van der Waals surface area contributed by atoms with Crippen molar-refractivity contribution in [3.05, 3.63) is 30.5 Å². The van der Waals surface area contributed by atoms with Gasteiger partial charge in [0, 0.05) is 7.05 Å². The van der Waals surface area contributed by atoms with Gasteiger partial charge in [0.2, 0.25) is 0 Å². The second-order valence-corrected chi connectivity index (χ2v) is 3.70. The van der Waals surface area contributed by atoms with Gasteiger partial charge in [-0.2, -0.15) is 0 Å². The van der Waals surface area contributed by atoms with E-state index < -0.39 is 0 Å². The fourth-order valence-electron chi connectivity index (χ4n) is 1.29. The van der Waals surface area contributed by atoms with Gasteiger partial charge in [-0.1, -0.05) is 6.58 Å². The van der Waals surface area contributed by atoms with Crippen LogP contribution in [0.25, 0.3) is 17.1 Å². The number of hydrogen-bond acceptors (Lipinski definition) is 4. The molecule has 0 saturated carbocycles. The predicted octanol–water partition coefficient (Wildman–Crippen LogP) is 1.61. The molecule has 0 spiro atoms. The normalized spacial score (nSPS) is 10.4. The minimum Gasteiger partial charge on any atom is -0.313 e. The Morgan fingerprint density at radius 3 is 2.44 bits per heavy atom. The van der Waals surface area contributed by atoms with Crippen LogP contribution < -0.4 is 0 Å². The average Bonchev–Trinajstić information content (AvgIpc) is 2.60. The molecule has 82 valence electrons. The lowest BCUT2D eigenvalue weighted by Gasteiger charge is -2.02. The molecule has 0 bridgehead atoms. The molecule has 0 amide bonds. The first-order chi connectivity index (χ1) is 7.59. The summed E-state index contributed by atoms with van der Waals surface area (Å²) in [4.78, 5) is 8.56. The topological polar surface area (TPSA) is 56.5 Å². The van der Waals surface area contributed by atoms with E-state index in [1.165, 1.54) is 0 Å². The SMILES string of the molecule is C=C(C)c1cnc(-c2nnc(C)n2C)cn1. The highest BCUT2D eigenvalue weighted by Gasteiger charge is 2.09. The Morgan fingerprint density at radius 2 is 2.00 bits per heavy atom. The molecular formula is C11H13N5. The summed E-state index contributed by atoms with van der Waals surface area (Å²) < 4.78 is 1.88. The highest BCUT2D eigenvalue weighted by molar-refractivity contribution is 5.58. The Kier molecular flexibility index (Phi) is 2.52. The molecule has 0 atom stereocenters. The highest BCUT2D eigenvalue weighted by atomic mass is 15.3. The molecule has 5 heteroatoms. The first kappa shape index (κ1) is 10.5. The van der Waals surface area contributed by atoms with Gasteiger partial charge in [0.25, 0.3) is 0 Å². The third-order valence-electron chi connectivity index (χ3n) is 2.41.